The lowest BCUT2D eigenvalue weighted by molar-refractivity contribution is -0.149. The number of hydrogen-bond donors (Lipinski definition) is 0. The molecule has 0 aliphatic carbocycles. The topological polar surface area (TPSA) is 50.1 Å². The first kappa shape index (κ1) is 9.70. The summed E-state index contributed by atoms with van der Waals surface area (Å²) < 4.78 is 4.85. The van der Waals surface area contributed by atoms with Crippen LogP contribution >= 0.6 is 0 Å². The third kappa shape index (κ3) is 4.15. The highest BCUT2D eigenvalue weighted by Gasteiger charge is 2.20. The Morgan fingerprint density at radius 2 is 2.36 bits per heavy atom. The fourth-order valence-corrected chi connectivity index (χ4v) is 0.540. The number of esters is 1. The lowest BCUT2D eigenvalue weighted by atomic mass is 10.1. The summed E-state index contributed by atoms with van der Waals surface area (Å²) in [7, 11) is 0. The minimum atomic E-state index is -0.708. The van der Waals surface area contributed by atoms with Gasteiger partial charge in [-0.15, -0.1) is 0 Å². The van der Waals surface area contributed by atoms with Gasteiger partial charge in [0.2, 0.25) is 0 Å². The molecule has 60 valence electrons. The molecule has 0 bridgehead atoms. The highest BCUT2D eigenvalue weighted by Crippen LogP contribution is 2.13. The summed E-state index contributed by atoms with van der Waals surface area (Å²) in [5.74, 6) is -0.495. The smallest absolute Gasteiger partial charge is 0.330 e. The molecule has 0 radical (unpaired) electrons. The first-order valence-corrected chi connectivity index (χ1v) is 3.24. The Morgan fingerprint density at radius 1 is 1.82 bits per heavy atom. The van der Waals surface area contributed by atoms with Crippen molar-refractivity contribution < 1.29 is 9.53 Å². The molecule has 11 heavy (non-hydrogen) atoms. The highest BCUT2D eigenvalue weighted by molar-refractivity contribution is 5.81. The second-order valence-electron chi connectivity index (χ2n) is 2.72. The third-order valence-electron chi connectivity index (χ3n) is 1.05. The van der Waals surface area contributed by atoms with E-state index in [2.05, 4.69) is 6.58 Å². The van der Waals surface area contributed by atoms with Gasteiger partial charge in [-0.25, -0.2) is 4.79 Å². The van der Waals surface area contributed by atoms with E-state index >= 15 is 0 Å². The standard InChI is InChI=1S/C8H11NO2/c1-4-7(10)11-8(2,3)5-6-9/h4H,1,5H2,2-3H3. The Morgan fingerprint density at radius 3 is 2.73 bits per heavy atom. The van der Waals surface area contributed by atoms with E-state index < -0.39 is 11.6 Å². The second kappa shape index (κ2) is 3.77. The minimum absolute atomic E-state index is 0.187. The van der Waals surface area contributed by atoms with E-state index in [4.69, 9.17) is 10.00 Å². The van der Waals surface area contributed by atoms with Gasteiger partial charge in [0, 0.05) is 6.08 Å². The molecule has 0 rings (SSSR count). The number of carbonyl (C=O) groups excluding carboxylic acids is 1. The molecule has 0 aromatic carbocycles. The fraction of sp³-hybridized carbons (Fsp3) is 0.500. The van der Waals surface area contributed by atoms with Gasteiger partial charge in [0.05, 0.1) is 12.5 Å². The van der Waals surface area contributed by atoms with Crippen molar-refractivity contribution in [3.8, 4) is 6.07 Å². The van der Waals surface area contributed by atoms with E-state index in [1.54, 1.807) is 13.8 Å². The molecule has 0 aliphatic rings. The summed E-state index contributed by atoms with van der Waals surface area (Å²) in [6.07, 6.45) is 1.27. The molecule has 0 saturated carbocycles. The van der Waals surface area contributed by atoms with Crippen LogP contribution in [-0.2, 0) is 9.53 Å². The molecule has 0 saturated heterocycles. The Kier molecular flexibility index (Phi) is 3.32. The number of ether oxygens (including phenoxy) is 1. The molecule has 0 aromatic rings. The van der Waals surface area contributed by atoms with Crippen molar-refractivity contribution in [2.45, 2.75) is 25.9 Å². The maximum Gasteiger partial charge on any atom is 0.330 e. The molecule has 0 heterocycles. The number of hydrogen-bond acceptors (Lipinski definition) is 3. The van der Waals surface area contributed by atoms with Gasteiger partial charge in [-0.1, -0.05) is 6.58 Å². The van der Waals surface area contributed by atoms with Gasteiger partial charge >= 0.3 is 5.97 Å². The van der Waals surface area contributed by atoms with Gasteiger partial charge in [-0.3, -0.25) is 0 Å². The molecule has 0 amide bonds. The molecule has 0 fully saturated rings. The molecular formula is C8H11NO2. The Bertz CT molecular complexity index is 201. The summed E-state index contributed by atoms with van der Waals surface area (Å²) >= 11 is 0. The first-order chi connectivity index (χ1) is 5.02. The lowest BCUT2D eigenvalue weighted by Crippen LogP contribution is -2.26. The predicted molar refractivity (Wildman–Crippen MR) is 40.6 cm³/mol. The molecule has 0 spiro atoms. The average Bonchev–Trinajstić information content (AvgIpc) is 1.86. The van der Waals surface area contributed by atoms with Crippen LogP contribution in [0.15, 0.2) is 12.7 Å². The van der Waals surface area contributed by atoms with Crippen LogP contribution in [0.1, 0.15) is 20.3 Å². The van der Waals surface area contributed by atoms with E-state index in [1.807, 2.05) is 6.07 Å². The second-order valence-corrected chi connectivity index (χ2v) is 2.72. The average molecular weight is 153 g/mol. The Balaban J connectivity index is 4.02. The molecule has 0 N–H and O–H groups in total. The van der Waals surface area contributed by atoms with Crippen molar-refractivity contribution in [3.63, 3.8) is 0 Å². The Labute approximate surface area is 66.3 Å². The van der Waals surface area contributed by atoms with Crippen LogP contribution in [0.4, 0.5) is 0 Å². The van der Waals surface area contributed by atoms with Crippen molar-refractivity contribution in [1.29, 1.82) is 5.26 Å². The molecule has 0 aliphatic heterocycles. The first-order valence-electron chi connectivity index (χ1n) is 3.24. The quantitative estimate of drug-likeness (QED) is 0.455. The number of nitrogens with zero attached hydrogens (tertiary/aromatic N) is 1. The summed E-state index contributed by atoms with van der Waals surface area (Å²) in [5, 5.41) is 8.32. The third-order valence-corrected chi connectivity index (χ3v) is 1.05. The normalized spacial score (nSPS) is 9.91. The van der Waals surface area contributed by atoms with E-state index in [-0.39, 0.29) is 6.42 Å². The number of carbonyl (C=O) groups is 1. The Hall–Kier alpha value is -1.30. The van der Waals surface area contributed by atoms with Crippen LogP contribution in [0.5, 0.6) is 0 Å². The van der Waals surface area contributed by atoms with Gasteiger partial charge in [-0.05, 0) is 13.8 Å². The van der Waals surface area contributed by atoms with E-state index in [1.165, 1.54) is 0 Å². The van der Waals surface area contributed by atoms with E-state index in [9.17, 15) is 4.79 Å². The minimum Gasteiger partial charge on any atom is -0.455 e. The SMILES string of the molecule is C=CC(=O)OC(C)(C)CC#N. The number of rotatable bonds is 3. The van der Waals surface area contributed by atoms with Crippen molar-refractivity contribution in [1.82, 2.24) is 0 Å². The predicted octanol–water partition coefficient (Wildman–Crippen LogP) is 1.41. The van der Waals surface area contributed by atoms with Gasteiger partial charge in [0.15, 0.2) is 0 Å². The van der Waals surface area contributed by atoms with Gasteiger partial charge < -0.3 is 4.74 Å². The van der Waals surface area contributed by atoms with Crippen molar-refractivity contribution in [3.05, 3.63) is 12.7 Å². The fourth-order valence-electron chi connectivity index (χ4n) is 0.540. The van der Waals surface area contributed by atoms with Crippen molar-refractivity contribution >= 4 is 5.97 Å². The van der Waals surface area contributed by atoms with E-state index in [0.29, 0.717) is 0 Å². The maximum atomic E-state index is 10.7. The zero-order chi connectivity index (χ0) is 8.91. The van der Waals surface area contributed by atoms with Crippen LogP contribution in [0.3, 0.4) is 0 Å². The van der Waals surface area contributed by atoms with Crippen LogP contribution in [0, 0.1) is 11.3 Å². The maximum absolute atomic E-state index is 10.7. The largest absolute Gasteiger partial charge is 0.455 e. The molecule has 3 nitrogen and oxygen atoms in total. The zero-order valence-electron chi connectivity index (χ0n) is 6.76. The van der Waals surface area contributed by atoms with Crippen molar-refractivity contribution in [2.24, 2.45) is 0 Å². The summed E-state index contributed by atoms with van der Waals surface area (Å²) in [5.41, 5.74) is -0.708. The van der Waals surface area contributed by atoms with Gasteiger partial charge in [-0.2, -0.15) is 5.26 Å². The van der Waals surface area contributed by atoms with Gasteiger partial charge in [0.25, 0.3) is 0 Å². The molecule has 0 aromatic heterocycles. The summed E-state index contributed by atoms with van der Waals surface area (Å²) in [6, 6.07) is 1.93. The van der Waals surface area contributed by atoms with Crippen LogP contribution in [-0.4, -0.2) is 11.6 Å². The van der Waals surface area contributed by atoms with Gasteiger partial charge in [0.1, 0.15) is 5.60 Å². The molecular weight excluding hydrogens is 142 g/mol. The monoisotopic (exact) mass is 153 g/mol. The van der Waals surface area contributed by atoms with Crippen LogP contribution in [0.25, 0.3) is 0 Å². The summed E-state index contributed by atoms with van der Waals surface area (Å²) in [4.78, 5) is 10.7. The number of nitriles is 1. The highest BCUT2D eigenvalue weighted by atomic mass is 16.6. The summed E-state index contributed by atoms with van der Waals surface area (Å²) in [6.45, 7) is 6.60. The molecule has 0 unspecified atom stereocenters. The van der Waals surface area contributed by atoms with Crippen LogP contribution in [0.2, 0.25) is 0 Å². The van der Waals surface area contributed by atoms with E-state index in [0.717, 1.165) is 6.08 Å². The zero-order valence-corrected chi connectivity index (χ0v) is 6.76. The van der Waals surface area contributed by atoms with Crippen molar-refractivity contribution in [2.75, 3.05) is 0 Å². The molecule has 3 heteroatoms. The lowest BCUT2D eigenvalue weighted by Gasteiger charge is -2.20. The van der Waals surface area contributed by atoms with Crippen LogP contribution < -0.4 is 0 Å². The molecule has 0 atom stereocenters.